The number of imidazole rings is 1. The van der Waals surface area contributed by atoms with Crippen LogP contribution in [0.4, 0.5) is 0 Å². The molecule has 144 valence electrons. The van der Waals surface area contributed by atoms with Gasteiger partial charge in [0, 0.05) is 18.0 Å². The van der Waals surface area contributed by atoms with Crippen molar-refractivity contribution in [1.29, 1.82) is 0 Å². The first kappa shape index (κ1) is 18.7. The van der Waals surface area contributed by atoms with E-state index in [1.165, 1.54) is 11.1 Å². The smallest absolute Gasteiger partial charge is 0.244 e. The van der Waals surface area contributed by atoms with Crippen molar-refractivity contribution in [2.75, 3.05) is 0 Å². The molecule has 4 heteroatoms. The third-order valence-corrected chi connectivity index (χ3v) is 4.89. The number of aromatic nitrogens is 2. The van der Waals surface area contributed by atoms with E-state index in [-0.39, 0.29) is 6.42 Å². The first-order valence-corrected chi connectivity index (χ1v) is 9.63. The molecule has 0 aliphatic carbocycles. The maximum absolute atomic E-state index is 10.8. The molecule has 0 fully saturated rings. The molecule has 4 rings (SSSR count). The van der Waals surface area contributed by atoms with Crippen LogP contribution in [0.1, 0.15) is 16.7 Å². The van der Waals surface area contributed by atoms with Gasteiger partial charge in [0.15, 0.2) is 5.69 Å². The molecule has 3 aromatic carbocycles. The van der Waals surface area contributed by atoms with Crippen molar-refractivity contribution in [2.45, 2.75) is 19.5 Å². The first-order valence-electron chi connectivity index (χ1n) is 9.63. The Morgan fingerprint density at radius 2 is 1.41 bits per heavy atom. The van der Waals surface area contributed by atoms with Gasteiger partial charge in [-0.05, 0) is 16.7 Å². The lowest BCUT2D eigenvalue weighted by Gasteiger charge is -2.03. The third-order valence-electron chi connectivity index (χ3n) is 4.89. The Bertz CT molecular complexity index is 1080. The van der Waals surface area contributed by atoms with Crippen LogP contribution in [0.25, 0.3) is 11.3 Å². The van der Waals surface area contributed by atoms with E-state index in [1.807, 2.05) is 36.4 Å². The normalized spacial score (nSPS) is 10.8. The van der Waals surface area contributed by atoms with Gasteiger partial charge in [-0.2, -0.15) is 0 Å². The maximum atomic E-state index is 10.8. The second-order valence-corrected chi connectivity index (χ2v) is 7.15. The van der Waals surface area contributed by atoms with Gasteiger partial charge in [-0.15, -0.1) is 0 Å². The second-order valence-electron chi connectivity index (χ2n) is 7.15. The van der Waals surface area contributed by atoms with Gasteiger partial charge in [0.05, 0.1) is 0 Å². The summed E-state index contributed by atoms with van der Waals surface area (Å²) in [7, 11) is 0. The van der Waals surface area contributed by atoms with Crippen LogP contribution in [0.2, 0.25) is 0 Å². The minimum absolute atomic E-state index is 0.0565. The standard InChI is InChI=1S/C25H22N2O2/c28-25(29)15-20-11-13-22(14-12-20)16-26-18-24(23-9-5-2-6-10-23)27(19-26)17-21-7-3-1-4-8-21/h1-14,18-19H,15-17H2. The average Bonchev–Trinajstić information content (AvgIpc) is 3.12. The van der Waals surface area contributed by atoms with Crippen molar-refractivity contribution in [3.05, 3.63) is 114 Å². The molecule has 0 radical (unpaired) electrons. The maximum Gasteiger partial charge on any atom is 0.244 e. The number of carbonyl (C=O) groups is 1. The molecule has 4 nitrogen and oxygen atoms in total. The fraction of sp³-hybridized carbons (Fsp3) is 0.120. The molecule has 0 unspecified atom stereocenters. The van der Waals surface area contributed by atoms with Crippen LogP contribution in [-0.2, 0) is 24.3 Å². The fourth-order valence-electron chi connectivity index (χ4n) is 3.49. The highest BCUT2D eigenvalue weighted by Crippen LogP contribution is 2.19. The van der Waals surface area contributed by atoms with Crippen LogP contribution in [-0.4, -0.2) is 10.5 Å². The Hall–Kier alpha value is -3.66. The van der Waals surface area contributed by atoms with Gasteiger partial charge in [-0.25, -0.2) is 9.13 Å². The lowest BCUT2D eigenvalue weighted by Crippen LogP contribution is -2.31. The number of carboxylic acid groups (broad SMARTS) is 1. The molecular weight excluding hydrogens is 360 g/mol. The SMILES string of the molecule is O=C([O-])Cc1ccc(C[n+]2cc(-c3ccccc3)n(Cc3ccccc3)c2)cc1. The Balaban J connectivity index is 1.61. The zero-order valence-electron chi connectivity index (χ0n) is 16.1. The number of aliphatic carboxylic acids is 1. The highest BCUT2D eigenvalue weighted by Gasteiger charge is 2.16. The van der Waals surface area contributed by atoms with E-state index in [0.717, 1.165) is 23.4 Å². The Morgan fingerprint density at radius 3 is 2.07 bits per heavy atom. The first-order chi connectivity index (χ1) is 14.2. The Labute approximate surface area is 170 Å². The molecule has 0 saturated heterocycles. The topological polar surface area (TPSA) is 48.9 Å². The Kier molecular flexibility index (Phi) is 5.52. The number of carbonyl (C=O) groups excluding carboxylic acids is 1. The lowest BCUT2D eigenvalue weighted by atomic mass is 10.1. The van der Waals surface area contributed by atoms with Gasteiger partial charge < -0.3 is 9.90 Å². The van der Waals surface area contributed by atoms with E-state index in [1.54, 1.807) is 0 Å². The molecule has 0 N–H and O–H groups in total. The fourth-order valence-corrected chi connectivity index (χ4v) is 3.49. The molecule has 0 amide bonds. The van der Waals surface area contributed by atoms with Crippen LogP contribution < -0.4 is 9.67 Å². The molecule has 29 heavy (non-hydrogen) atoms. The van der Waals surface area contributed by atoms with E-state index in [0.29, 0.717) is 6.54 Å². The number of hydrogen-bond acceptors (Lipinski definition) is 2. The van der Waals surface area contributed by atoms with Crippen molar-refractivity contribution in [3.8, 4) is 11.3 Å². The Morgan fingerprint density at radius 1 is 0.793 bits per heavy atom. The van der Waals surface area contributed by atoms with Crippen molar-refractivity contribution in [1.82, 2.24) is 4.57 Å². The van der Waals surface area contributed by atoms with Crippen molar-refractivity contribution in [3.63, 3.8) is 0 Å². The summed E-state index contributed by atoms with van der Waals surface area (Å²) in [6, 6.07) is 28.4. The summed E-state index contributed by atoms with van der Waals surface area (Å²) in [6.07, 6.45) is 4.23. The van der Waals surface area contributed by atoms with Crippen molar-refractivity contribution in [2.24, 2.45) is 0 Å². The quantitative estimate of drug-likeness (QED) is 0.462. The number of benzene rings is 3. The van der Waals surface area contributed by atoms with Crippen LogP contribution in [0.3, 0.4) is 0 Å². The summed E-state index contributed by atoms with van der Waals surface area (Å²) < 4.78 is 4.42. The molecular formula is C25H22N2O2. The highest BCUT2D eigenvalue weighted by molar-refractivity contribution is 5.67. The molecule has 0 spiro atoms. The van der Waals surface area contributed by atoms with E-state index >= 15 is 0 Å². The molecule has 1 aromatic heterocycles. The predicted molar refractivity (Wildman–Crippen MR) is 110 cm³/mol. The van der Waals surface area contributed by atoms with Crippen molar-refractivity contribution >= 4 is 5.97 Å². The number of nitrogens with zero attached hydrogens (tertiary/aromatic N) is 2. The molecule has 0 saturated carbocycles. The van der Waals surface area contributed by atoms with Crippen LogP contribution >= 0.6 is 0 Å². The summed E-state index contributed by atoms with van der Waals surface area (Å²) in [6.45, 7) is 1.51. The molecule has 0 aliphatic rings. The summed E-state index contributed by atoms with van der Waals surface area (Å²) >= 11 is 0. The van der Waals surface area contributed by atoms with Gasteiger partial charge in [-0.1, -0.05) is 84.9 Å². The van der Waals surface area contributed by atoms with Crippen LogP contribution in [0.5, 0.6) is 0 Å². The molecule has 4 aromatic rings. The van der Waals surface area contributed by atoms with E-state index in [4.69, 9.17) is 0 Å². The number of hydrogen-bond donors (Lipinski definition) is 0. The molecule has 0 aliphatic heterocycles. The van der Waals surface area contributed by atoms with Crippen LogP contribution in [0.15, 0.2) is 97.5 Å². The number of rotatable bonds is 7. The number of carboxylic acids is 1. The summed E-state index contributed by atoms with van der Waals surface area (Å²) in [5.74, 6) is -1.06. The molecule has 1 heterocycles. The summed E-state index contributed by atoms with van der Waals surface area (Å²) in [5.41, 5.74) is 5.45. The summed E-state index contributed by atoms with van der Waals surface area (Å²) in [4.78, 5) is 10.8. The summed E-state index contributed by atoms with van der Waals surface area (Å²) in [5, 5.41) is 10.8. The van der Waals surface area contributed by atoms with Gasteiger partial charge in [-0.3, -0.25) is 0 Å². The predicted octanol–water partition coefficient (Wildman–Crippen LogP) is 2.83. The van der Waals surface area contributed by atoms with Gasteiger partial charge in [0.25, 0.3) is 0 Å². The van der Waals surface area contributed by atoms with Gasteiger partial charge >= 0.3 is 0 Å². The zero-order chi connectivity index (χ0) is 20.1. The molecule has 0 atom stereocenters. The second kappa shape index (κ2) is 8.57. The van der Waals surface area contributed by atoms with Gasteiger partial charge in [0.2, 0.25) is 6.33 Å². The van der Waals surface area contributed by atoms with Crippen molar-refractivity contribution < 1.29 is 14.5 Å². The third kappa shape index (κ3) is 4.79. The zero-order valence-corrected chi connectivity index (χ0v) is 16.1. The average molecular weight is 382 g/mol. The lowest BCUT2D eigenvalue weighted by molar-refractivity contribution is -0.687. The van der Waals surface area contributed by atoms with Crippen LogP contribution in [0, 0.1) is 0 Å². The van der Waals surface area contributed by atoms with E-state index in [9.17, 15) is 9.90 Å². The largest absolute Gasteiger partial charge is 0.550 e. The monoisotopic (exact) mass is 382 g/mol. The van der Waals surface area contributed by atoms with Gasteiger partial charge in [0.1, 0.15) is 19.3 Å². The minimum atomic E-state index is -1.06. The van der Waals surface area contributed by atoms with E-state index in [2.05, 4.69) is 70.2 Å². The molecule has 0 bridgehead atoms. The minimum Gasteiger partial charge on any atom is -0.550 e. The van der Waals surface area contributed by atoms with E-state index < -0.39 is 5.97 Å². The highest BCUT2D eigenvalue weighted by atomic mass is 16.4.